The number of aromatic nitrogens is 2. The Kier molecular flexibility index (Phi) is 3.64. The summed E-state index contributed by atoms with van der Waals surface area (Å²) >= 11 is 0. The summed E-state index contributed by atoms with van der Waals surface area (Å²) in [6.45, 7) is 1.70. The molecule has 0 amide bonds. The normalized spacial score (nSPS) is 19.7. The van der Waals surface area contributed by atoms with Gasteiger partial charge in [0.2, 0.25) is 5.95 Å². The Hall–Kier alpha value is -1.62. The molecule has 1 aromatic heterocycles. The van der Waals surface area contributed by atoms with Crippen molar-refractivity contribution in [2.75, 3.05) is 18.5 Å². The lowest BCUT2D eigenvalue weighted by atomic mass is 10.1. The maximum absolute atomic E-state index is 13.1. The van der Waals surface area contributed by atoms with Crippen LogP contribution in [0.25, 0.3) is 11.0 Å². The van der Waals surface area contributed by atoms with Crippen molar-refractivity contribution in [3.8, 4) is 0 Å². The van der Waals surface area contributed by atoms with Gasteiger partial charge in [-0.3, -0.25) is 0 Å². The lowest BCUT2D eigenvalue weighted by molar-refractivity contribution is 0.0134. The van der Waals surface area contributed by atoms with Gasteiger partial charge in [-0.05, 0) is 43.9 Å². The van der Waals surface area contributed by atoms with Gasteiger partial charge in [0, 0.05) is 13.2 Å². The number of nitrogens with zero attached hydrogens (tertiary/aromatic N) is 1. The van der Waals surface area contributed by atoms with E-state index in [-0.39, 0.29) is 5.82 Å². The van der Waals surface area contributed by atoms with Gasteiger partial charge in [0.15, 0.2) is 0 Å². The first-order valence-electron chi connectivity index (χ1n) is 6.82. The molecule has 5 heteroatoms. The highest BCUT2D eigenvalue weighted by Gasteiger charge is 2.13. The number of halogens is 1. The number of rotatable bonds is 4. The van der Waals surface area contributed by atoms with Crippen molar-refractivity contribution in [1.82, 2.24) is 9.97 Å². The van der Waals surface area contributed by atoms with Crippen LogP contribution in [0.1, 0.15) is 25.7 Å². The van der Waals surface area contributed by atoms with E-state index in [1.54, 1.807) is 6.07 Å². The quantitative estimate of drug-likeness (QED) is 0.891. The molecule has 4 nitrogen and oxygen atoms in total. The number of aromatic amines is 1. The molecule has 0 aliphatic carbocycles. The van der Waals surface area contributed by atoms with Crippen LogP contribution < -0.4 is 5.32 Å². The van der Waals surface area contributed by atoms with E-state index in [2.05, 4.69) is 15.3 Å². The van der Waals surface area contributed by atoms with Gasteiger partial charge in [-0.2, -0.15) is 0 Å². The summed E-state index contributed by atoms with van der Waals surface area (Å²) in [5.41, 5.74) is 1.49. The van der Waals surface area contributed by atoms with Crippen LogP contribution >= 0.6 is 0 Å². The molecule has 1 fully saturated rings. The first-order chi connectivity index (χ1) is 9.31. The molecule has 2 heterocycles. The van der Waals surface area contributed by atoms with Crippen LogP contribution in [0.4, 0.5) is 10.3 Å². The second kappa shape index (κ2) is 5.57. The number of benzene rings is 1. The Balaban J connectivity index is 1.56. The van der Waals surface area contributed by atoms with Crippen molar-refractivity contribution >= 4 is 17.0 Å². The van der Waals surface area contributed by atoms with E-state index in [1.807, 2.05) is 0 Å². The van der Waals surface area contributed by atoms with E-state index < -0.39 is 0 Å². The summed E-state index contributed by atoms with van der Waals surface area (Å²) in [6, 6.07) is 4.55. The van der Waals surface area contributed by atoms with Crippen molar-refractivity contribution < 1.29 is 9.13 Å². The van der Waals surface area contributed by atoms with Crippen molar-refractivity contribution in [1.29, 1.82) is 0 Å². The summed E-state index contributed by atoms with van der Waals surface area (Å²) < 4.78 is 18.7. The summed E-state index contributed by atoms with van der Waals surface area (Å²) in [5.74, 6) is 0.440. The van der Waals surface area contributed by atoms with Gasteiger partial charge in [0.25, 0.3) is 0 Å². The lowest BCUT2D eigenvalue weighted by Crippen LogP contribution is -2.22. The lowest BCUT2D eigenvalue weighted by Gasteiger charge is -2.22. The Morgan fingerprint density at radius 1 is 1.42 bits per heavy atom. The molecule has 1 unspecified atom stereocenters. The third-order valence-corrected chi connectivity index (χ3v) is 3.48. The molecule has 1 atom stereocenters. The second-order valence-corrected chi connectivity index (χ2v) is 4.95. The van der Waals surface area contributed by atoms with Crippen molar-refractivity contribution in [3.05, 3.63) is 24.0 Å². The minimum atomic E-state index is -0.252. The van der Waals surface area contributed by atoms with E-state index in [0.717, 1.165) is 37.0 Å². The number of H-pyrrole nitrogens is 1. The molecule has 19 heavy (non-hydrogen) atoms. The highest BCUT2D eigenvalue weighted by molar-refractivity contribution is 5.77. The third-order valence-electron chi connectivity index (χ3n) is 3.48. The zero-order chi connectivity index (χ0) is 13.1. The largest absolute Gasteiger partial charge is 0.378 e. The molecule has 1 aliphatic rings. The van der Waals surface area contributed by atoms with Crippen molar-refractivity contribution in [2.45, 2.75) is 31.8 Å². The van der Waals surface area contributed by atoms with Gasteiger partial charge in [-0.25, -0.2) is 9.37 Å². The molecule has 1 saturated heterocycles. The predicted molar refractivity (Wildman–Crippen MR) is 72.7 cm³/mol. The van der Waals surface area contributed by atoms with E-state index in [9.17, 15) is 4.39 Å². The molecule has 1 aliphatic heterocycles. The molecular formula is C14H18FN3O. The first-order valence-corrected chi connectivity index (χ1v) is 6.82. The number of nitrogens with one attached hydrogen (secondary N) is 2. The topological polar surface area (TPSA) is 49.9 Å². The maximum atomic E-state index is 13.1. The fourth-order valence-corrected chi connectivity index (χ4v) is 2.45. The molecule has 3 rings (SSSR count). The van der Waals surface area contributed by atoms with Gasteiger partial charge in [-0.15, -0.1) is 0 Å². The molecular weight excluding hydrogens is 245 g/mol. The number of ether oxygens (including phenoxy) is 1. The molecule has 1 aromatic carbocycles. The summed E-state index contributed by atoms with van der Waals surface area (Å²) in [6.07, 6.45) is 4.93. The van der Waals surface area contributed by atoms with Crippen LogP contribution in [-0.4, -0.2) is 29.2 Å². The van der Waals surface area contributed by atoms with Crippen LogP contribution in [-0.2, 0) is 4.74 Å². The Bertz CT molecular complexity index is 549. The number of hydrogen-bond acceptors (Lipinski definition) is 3. The molecule has 0 saturated carbocycles. The van der Waals surface area contributed by atoms with Crippen LogP contribution in [0.3, 0.4) is 0 Å². The third kappa shape index (κ3) is 3.04. The van der Waals surface area contributed by atoms with Crippen LogP contribution in [0.15, 0.2) is 18.2 Å². The predicted octanol–water partition coefficient (Wildman–Crippen LogP) is 3.07. The molecule has 0 bridgehead atoms. The van der Waals surface area contributed by atoms with E-state index in [0.29, 0.717) is 12.1 Å². The average molecular weight is 263 g/mol. The summed E-state index contributed by atoms with van der Waals surface area (Å²) in [5, 5.41) is 3.23. The minimum absolute atomic E-state index is 0.252. The highest BCUT2D eigenvalue weighted by atomic mass is 19.1. The molecule has 2 aromatic rings. The van der Waals surface area contributed by atoms with Gasteiger partial charge in [0.1, 0.15) is 5.82 Å². The molecule has 0 radical (unpaired) electrons. The highest BCUT2D eigenvalue weighted by Crippen LogP contribution is 2.17. The van der Waals surface area contributed by atoms with Crippen molar-refractivity contribution in [3.63, 3.8) is 0 Å². The van der Waals surface area contributed by atoms with Gasteiger partial charge >= 0.3 is 0 Å². The van der Waals surface area contributed by atoms with E-state index >= 15 is 0 Å². The zero-order valence-corrected chi connectivity index (χ0v) is 10.8. The van der Waals surface area contributed by atoms with Crippen molar-refractivity contribution in [2.24, 2.45) is 0 Å². The monoisotopic (exact) mass is 263 g/mol. The second-order valence-electron chi connectivity index (χ2n) is 4.95. The number of anilines is 1. The van der Waals surface area contributed by atoms with E-state index in [4.69, 9.17) is 4.74 Å². The standard InChI is InChI=1S/C14H18FN3O/c15-10-4-5-12-13(9-10)18-14(17-12)16-7-6-11-3-1-2-8-19-11/h4-5,9,11H,1-3,6-8H2,(H2,16,17,18). The smallest absolute Gasteiger partial charge is 0.201 e. The minimum Gasteiger partial charge on any atom is -0.378 e. The molecule has 0 spiro atoms. The molecule has 102 valence electrons. The van der Waals surface area contributed by atoms with Crippen LogP contribution in [0.2, 0.25) is 0 Å². The Labute approximate surface area is 111 Å². The maximum Gasteiger partial charge on any atom is 0.201 e. The number of imidazole rings is 1. The summed E-state index contributed by atoms with van der Waals surface area (Å²) in [7, 11) is 0. The van der Waals surface area contributed by atoms with Crippen LogP contribution in [0, 0.1) is 5.82 Å². The fourth-order valence-electron chi connectivity index (χ4n) is 2.45. The fraction of sp³-hybridized carbons (Fsp3) is 0.500. The SMILES string of the molecule is Fc1ccc2nc(NCCC3CCCCO3)[nH]c2c1. The van der Waals surface area contributed by atoms with Gasteiger partial charge in [0.05, 0.1) is 17.1 Å². The number of hydrogen-bond donors (Lipinski definition) is 2. The van der Waals surface area contributed by atoms with Crippen LogP contribution in [0.5, 0.6) is 0 Å². The summed E-state index contributed by atoms with van der Waals surface area (Å²) in [4.78, 5) is 7.43. The Morgan fingerprint density at radius 3 is 3.21 bits per heavy atom. The first kappa shape index (κ1) is 12.4. The van der Waals surface area contributed by atoms with Gasteiger partial charge < -0.3 is 15.0 Å². The molecule has 2 N–H and O–H groups in total. The van der Waals surface area contributed by atoms with E-state index in [1.165, 1.54) is 25.0 Å². The van der Waals surface area contributed by atoms with Gasteiger partial charge in [-0.1, -0.05) is 0 Å². The average Bonchev–Trinajstić information content (AvgIpc) is 2.82. The zero-order valence-electron chi connectivity index (χ0n) is 10.8. The number of fused-ring (bicyclic) bond motifs is 1. The Morgan fingerprint density at radius 2 is 2.37 bits per heavy atom.